The van der Waals surface area contributed by atoms with E-state index in [-0.39, 0.29) is 12.1 Å². The zero-order chi connectivity index (χ0) is 12.1. The van der Waals surface area contributed by atoms with Crippen molar-refractivity contribution < 1.29 is 8.78 Å². The first-order valence-corrected chi connectivity index (χ1v) is 5.42. The van der Waals surface area contributed by atoms with Crippen molar-refractivity contribution >= 4 is 0 Å². The van der Waals surface area contributed by atoms with Crippen molar-refractivity contribution in [1.82, 2.24) is 5.32 Å². The minimum absolute atomic E-state index is 0.0902. The standard InChI is InChI=1S/C12H18F2N2/c1-8(15)7-16-9(2)5-10-3-4-11(13)12(14)6-10/h3-4,6,8-9,16H,5,7,15H2,1-2H3. The highest BCUT2D eigenvalue weighted by molar-refractivity contribution is 5.18. The van der Waals surface area contributed by atoms with Crippen molar-refractivity contribution in [2.75, 3.05) is 6.54 Å². The minimum Gasteiger partial charge on any atom is -0.327 e. The van der Waals surface area contributed by atoms with Crippen LogP contribution in [0.4, 0.5) is 8.78 Å². The number of nitrogens with two attached hydrogens (primary N) is 1. The van der Waals surface area contributed by atoms with Gasteiger partial charge in [-0.3, -0.25) is 0 Å². The predicted octanol–water partition coefficient (Wildman–Crippen LogP) is 1.83. The first-order valence-electron chi connectivity index (χ1n) is 5.42. The highest BCUT2D eigenvalue weighted by atomic mass is 19.2. The van der Waals surface area contributed by atoms with E-state index < -0.39 is 11.6 Å². The summed E-state index contributed by atoms with van der Waals surface area (Å²) in [5.74, 6) is -1.60. The fourth-order valence-electron chi connectivity index (χ4n) is 1.48. The van der Waals surface area contributed by atoms with Crippen LogP contribution in [0.1, 0.15) is 19.4 Å². The topological polar surface area (TPSA) is 38.0 Å². The van der Waals surface area contributed by atoms with Gasteiger partial charge in [-0.1, -0.05) is 6.07 Å². The zero-order valence-corrected chi connectivity index (χ0v) is 9.63. The summed E-state index contributed by atoms with van der Waals surface area (Å²) in [6.45, 7) is 4.62. The zero-order valence-electron chi connectivity index (χ0n) is 9.63. The summed E-state index contributed by atoms with van der Waals surface area (Å²) in [4.78, 5) is 0. The van der Waals surface area contributed by atoms with Crippen LogP contribution in [0.2, 0.25) is 0 Å². The van der Waals surface area contributed by atoms with Crippen molar-refractivity contribution in [1.29, 1.82) is 0 Å². The van der Waals surface area contributed by atoms with Crippen LogP contribution in [0.15, 0.2) is 18.2 Å². The van der Waals surface area contributed by atoms with E-state index in [2.05, 4.69) is 5.32 Å². The van der Waals surface area contributed by atoms with E-state index in [0.717, 1.165) is 11.6 Å². The van der Waals surface area contributed by atoms with E-state index in [1.807, 2.05) is 13.8 Å². The molecule has 1 rings (SSSR count). The van der Waals surface area contributed by atoms with Gasteiger partial charge in [0.2, 0.25) is 0 Å². The molecule has 0 aliphatic rings. The molecule has 0 radical (unpaired) electrons. The molecule has 0 spiro atoms. The molecular weight excluding hydrogens is 210 g/mol. The van der Waals surface area contributed by atoms with Gasteiger partial charge in [-0.2, -0.15) is 0 Å². The molecule has 1 aromatic carbocycles. The summed E-state index contributed by atoms with van der Waals surface area (Å²) in [7, 11) is 0. The maximum Gasteiger partial charge on any atom is 0.159 e. The van der Waals surface area contributed by atoms with Crippen LogP contribution in [0, 0.1) is 11.6 Å². The normalized spacial score (nSPS) is 14.8. The van der Waals surface area contributed by atoms with Gasteiger partial charge in [-0.05, 0) is 38.0 Å². The van der Waals surface area contributed by atoms with Crippen LogP contribution in [0.3, 0.4) is 0 Å². The molecule has 1 aromatic rings. The Morgan fingerprint density at radius 2 is 1.94 bits per heavy atom. The Kier molecular flexibility index (Phi) is 4.83. The summed E-state index contributed by atoms with van der Waals surface area (Å²) in [5, 5.41) is 3.22. The summed E-state index contributed by atoms with van der Waals surface area (Å²) in [6.07, 6.45) is 0.657. The Balaban J connectivity index is 2.49. The summed E-state index contributed by atoms with van der Waals surface area (Å²) in [5.41, 5.74) is 6.39. The van der Waals surface area contributed by atoms with Gasteiger partial charge < -0.3 is 11.1 Å². The van der Waals surface area contributed by atoms with Crippen LogP contribution in [-0.4, -0.2) is 18.6 Å². The van der Waals surface area contributed by atoms with E-state index in [9.17, 15) is 8.78 Å². The van der Waals surface area contributed by atoms with Crippen LogP contribution in [-0.2, 0) is 6.42 Å². The van der Waals surface area contributed by atoms with Crippen molar-refractivity contribution in [3.05, 3.63) is 35.4 Å². The molecule has 0 saturated carbocycles. The Labute approximate surface area is 94.8 Å². The lowest BCUT2D eigenvalue weighted by Gasteiger charge is -2.15. The fraction of sp³-hybridized carbons (Fsp3) is 0.500. The predicted molar refractivity (Wildman–Crippen MR) is 61.2 cm³/mol. The van der Waals surface area contributed by atoms with Crippen LogP contribution in [0.25, 0.3) is 0 Å². The third kappa shape index (κ3) is 4.24. The van der Waals surface area contributed by atoms with Crippen molar-refractivity contribution in [2.45, 2.75) is 32.4 Å². The number of rotatable bonds is 5. The third-order valence-corrected chi connectivity index (χ3v) is 2.31. The lowest BCUT2D eigenvalue weighted by molar-refractivity contribution is 0.497. The summed E-state index contributed by atoms with van der Waals surface area (Å²) in [6, 6.07) is 4.27. The Hall–Kier alpha value is -1.00. The van der Waals surface area contributed by atoms with E-state index in [4.69, 9.17) is 5.73 Å². The first-order chi connectivity index (χ1) is 7.49. The molecule has 0 bridgehead atoms. The maximum absolute atomic E-state index is 12.9. The first kappa shape index (κ1) is 13.1. The molecule has 0 saturated heterocycles. The van der Waals surface area contributed by atoms with Gasteiger partial charge in [0, 0.05) is 18.6 Å². The second kappa shape index (κ2) is 5.92. The summed E-state index contributed by atoms with van der Waals surface area (Å²) >= 11 is 0. The second-order valence-corrected chi connectivity index (χ2v) is 4.24. The highest BCUT2D eigenvalue weighted by Gasteiger charge is 2.07. The van der Waals surface area contributed by atoms with Crippen molar-refractivity contribution in [2.24, 2.45) is 5.73 Å². The van der Waals surface area contributed by atoms with Crippen molar-refractivity contribution in [3.8, 4) is 0 Å². The van der Waals surface area contributed by atoms with Crippen LogP contribution in [0.5, 0.6) is 0 Å². The van der Waals surface area contributed by atoms with Gasteiger partial charge in [0.25, 0.3) is 0 Å². The van der Waals surface area contributed by atoms with Gasteiger partial charge in [0.15, 0.2) is 11.6 Å². The van der Waals surface area contributed by atoms with E-state index in [0.29, 0.717) is 13.0 Å². The molecule has 2 nitrogen and oxygen atoms in total. The molecular formula is C12H18F2N2. The molecule has 4 heteroatoms. The number of benzene rings is 1. The van der Waals surface area contributed by atoms with Gasteiger partial charge in [-0.15, -0.1) is 0 Å². The molecule has 2 atom stereocenters. The van der Waals surface area contributed by atoms with E-state index in [1.165, 1.54) is 6.07 Å². The molecule has 0 aromatic heterocycles. The Bertz CT molecular complexity index is 340. The fourth-order valence-corrected chi connectivity index (χ4v) is 1.48. The van der Waals surface area contributed by atoms with E-state index in [1.54, 1.807) is 6.07 Å². The Morgan fingerprint density at radius 1 is 1.25 bits per heavy atom. The third-order valence-electron chi connectivity index (χ3n) is 2.31. The smallest absolute Gasteiger partial charge is 0.159 e. The van der Waals surface area contributed by atoms with Gasteiger partial charge in [-0.25, -0.2) is 8.78 Å². The quantitative estimate of drug-likeness (QED) is 0.807. The van der Waals surface area contributed by atoms with Crippen molar-refractivity contribution in [3.63, 3.8) is 0 Å². The molecule has 16 heavy (non-hydrogen) atoms. The lowest BCUT2D eigenvalue weighted by Crippen LogP contribution is -2.37. The average Bonchev–Trinajstić information content (AvgIpc) is 2.21. The number of hydrogen-bond donors (Lipinski definition) is 2. The molecule has 0 fully saturated rings. The molecule has 0 heterocycles. The minimum atomic E-state index is -0.806. The number of hydrogen-bond acceptors (Lipinski definition) is 2. The number of halogens is 2. The lowest BCUT2D eigenvalue weighted by atomic mass is 10.1. The molecule has 0 aliphatic heterocycles. The van der Waals surface area contributed by atoms with Gasteiger partial charge >= 0.3 is 0 Å². The molecule has 2 unspecified atom stereocenters. The molecule has 0 aliphatic carbocycles. The van der Waals surface area contributed by atoms with Gasteiger partial charge in [0.05, 0.1) is 0 Å². The molecule has 0 amide bonds. The Morgan fingerprint density at radius 3 is 2.50 bits per heavy atom. The largest absolute Gasteiger partial charge is 0.327 e. The monoisotopic (exact) mass is 228 g/mol. The van der Waals surface area contributed by atoms with Crippen LogP contribution < -0.4 is 11.1 Å². The maximum atomic E-state index is 12.9. The number of nitrogens with one attached hydrogen (secondary N) is 1. The summed E-state index contributed by atoms with van der Waals surface area (Å²) < 4.78 is 25.6. The van der Waals surface area contributed by atoms with E-state index >= 15 is 0 Å². The highest BCUT2D eigenvalue weighted by Crippen LogP contribution is 2.10. The SMILES string of the molecule is CC(N)CNC(C)Cc1ccc(F)c(F)c1. The molecule has 3 N–H and O–H groups in total. The van der Waals surface area contributed by atoms with Gasteiger partial charge in [0.1, 0.15) is 0 Å². The van der Waals surface area contributed by atoms with Crippen LogP contribution >= 0.6 is 0 Å². The average molecular weight is 228 g/mol. The molecule has 90 valence electrons. The second-order valence-electron chi connectivity index (χ2n) is 4.24.